The van der Waals surface area contributed by atoms with E-state index in [0.717, 1.165) is 22.8 Å². The zero-order valence-corrected chi connectivity index (χ0v) is 25.9. The van der Waals surface area contributed by atoms with E-state index in [-0.39, 0.29) is 28.9 Å². The molecule has 1 saturated heterocycles. The van der Waals surface area contributed by atoms with Crippen LogP contribution in [-0.2, 0) is 14.9 Å². The van der Waals surface area contributed by atoms with Gasteiger partial charge in [-0.1, -0.05) is 35.5 Å². The number of aliphatic imine (C=N–C) groups is 1. The molecular formula is C29H30ClN7O4S2. The number of amides is 1. The topological polar surface area (TPSA) is 120 Å². The first-order chi connectivity index (χ1) is 20.7. The predicted octanol–water partition coefficient (Wildman–Crippen LogP) is 4.70. The molecule has 0 bridgehead atoms. The van der Waals surface area contributed by atoms with E-state index in [1.54, 1.807) is 31.4 Å². The summed E-state index contributed by atoms with van der Waals surface area (Å²) in [6.45, 7) is 0.731. The number of sulfonamides is 1. The van der Waals surface area contributed by atoms with Crippen LogP contribution in [0.3, 0.4) is 0 Å². The molecule has 1 aromatic heterocycles. The van der Waals surface area contributed by atoms with Crippen molar-refractivity contribution < 1.29 is 18.0 Å². The van der Waals surface area contributed by atoms with Gasteiger partial charge in [-0.05, 0) is 66.3 Å². The maximum Gasteiger partial charge on any atom is 0.277 e. The third kappa shape index (κ3) is 6.00. The summed E-state index contributed by atoms with van der Waals surface area (Å²) in [6.07, 6.45) is 5.17. The van der Waals surface area contributed by atoms with Crippen molar-refractivity contribution in [3.63, 3.8) is 0 Å². The molecule has 224 valence electrons. The number of hydrogen-bond donors (Lipinski definition) is 1. The van der Waals surface area contributed by atoms with E-state index in [9.17, 15) is 13.2 Å². The van der Waals surface area contributed by atoms with Crippen molar-refractivity contribution in [2.24, 2.45) is 4.99 Å². The van der Waals surface area contributed by atoms with Gasteiger partial charge in [-0.15, -0.1) is 0 Å². The fourth-order valence-corrected chi connectivity index (χ4v) is 7.87. The lowest BCUT2D eigenvalue weighted by atomic mass is 9.95. The molecule has 3 aromatic rings. The summed E-state index contributed by atoms with van der Waals surface area (Å²) in [5.74, 6) is 0.163. The molecule has 3 aliphatic heterocycles. The van der Waals surface area contributed by atoms with Gasteiger partial charge in [0.25, 0.3) is 5.91 Å². The van der Waals surface area contributed by atoms with Crippen LogP contribution in [0.25, 0.3) is 0 Å². The number of anilines is 1. The van der Waals surface area contributed by atoms with E-state index < -0.39 is 10.0 Å². The maximum atomic E-state index is 13.3. The number of nitrogens with zero attached hydrogens (tertiary/aromatic N) is 6. The predicted molar refractivity (Wildman–Crippen MR) is 166 cm³/mol. The van der Waals surface area contributed by atoms with Crippen molar-refractivity contribution in [3.05, 3.63) is 94.2 Å². The monoisotopic (exact) mass is 639 g/mol. The minimum Gasteiger partial charge on any atom is -0.350 e. The van der Waals surface area contributed by atoms with Crippen LogP contribution in [-0.4, -0.2) is 77.0 Å². The molecule has 3 atom stereocenters. The Morgan fingerprint density at radius 3 is 2.79 bits per heavy atom. The number of benzene rings is 2. The van der Waals surface area contributed by atoms with E-state index >= 15 is 0 Å². The molecule has 0 radical (unpaired) electrons. The summed E-state index contributed by atoms with van der Waals surface area (Å²) in [6, 6.07) is 14.7. The molecule has 14 heteroatoms. The van der Waals surface area contributed by atoms with Crippen LogP contribution >= 0.6 is 23.4 Å². The molecule has 0 saturated carbocycles. The quantitative estimate of drug-likeness (QED) is 0.350. The average molecular weight is 640 g/mol. The summed E-state index contributed by atoms with van der Waals surface area (Å²) in [5.41, 5.74) is 2.12. The molecule has 0 spiro atoms. The second-order valence-corrected chi connectivity index (χ2v) is 13.6. The first kappa shape index (κ1) is 29.6. The Kier molecular flexibility index (Phi) is 8.42. The minimum absolute atomic E-state index is 0.167. The van der Waals surface area contributed by atoms with Crippen LogP contribution in [0, 0.1) is 0 Å². The Morgan fingerprint density at radius 2 is 2.00 bits per heavy atom. The molecule has 0 aliphatic carbocycles. The van der Waals surface area contributed by atoms with Gasteiger partial charge in [0.2, 0.25) is 16.0 Å². The Labute approximate surface area is 259 Å². The van der Waals surface area contributed by atoms with Crippen LogP contribution in [0.1, 0.15) is 46.5 Å². The van der Waals surface area contributed by atoms with Crippen LogP contribution < -0.4 is 5.32 Å². The molecule has 43 heavy (non-hydrogen) atoms. The highest BCUT2D eigenvalue weighted by Crippen LogP contribution is 2.46. The third-order valence-electron chi connectivity index (χ3n) is 7.65. The standard InChI is InChI=1S/C29H30ClN7O4S2/c1-35(41-2)27(38)20-6-3-5-19(17-20)25-26(37-15-16-42-29(37)34-25)24-12-13-31-28(33-24)32-22-7-4-14-36(18-22)43(39,40)23-10-8-21(30)9-11-23/h3,5-6,8-13,15-17,22,25-26H,4,7,14,18H2,1-2H3,(H,31,32,33)/t22-,25?,26?/m1/s1. The summed E-state index contributed by atoms with van der Waals surface area (Å²) in [4.78, 5) is 34.5. The first-order valence-electron chi connectivity index (χ1n) is 13.7. The van der Waals surface area contributed by atoms with Gasteiger partial charge < -0.3 is 10.2 Å². The Hall–Kier alpha value is -3.49. The van der Waals surface area contributed by atoms with Crippen molar-refractivity contribution in [2.75, 3.05) is 32.6 Å². The number of rotatable bonds is 8. The van der Waals surface area contributed by atoms with E-state index in [4.69, 9.17) is 26.4 Å². The molecular weight excluding hydrogens is 610 g/mol. The van der Waals surface area contributed by atoms with Crippen LogP contribution in [0.15, 0.2) is 82.3 Å². The number of fused-ring (bicyclic) bond motifs is 1. The van der Waals surface area contributed by atoms with Crippen molar-refractivity contribution in [1.29, 1.82) is 0 Å². The Morgan fingerprint density at radius 1 is 1.19 bits per heavy atom. The number of nitrogens with one attached hydrogen (secondary N) is 1. The summed E-state index contributed by atoms with van der Waals surface area (Å²) in [5, 5.41) is 7.87. The van der Waals surface area contributed by atoms with E-state index in [1.807, 2.05) is 35.9 Å². The molecule has 4 heterocycles. The maximum absolute atomic E-state index is 13.3. The number of hydrogen-bond acceptors (Lipinski definition) is 10. The smallest absolute Gasteiger partial charge is 0.277 e. The normalized spacial score (nSPS) is 21.9. The SMILES string of the molecule is CON(C)C(=O)c1cccc(C2N=C3SC=CN3C2c2ccnc(N[C@@H]3CCCN(S(=O)(=O)c4ccc(Cl)cc4)C3)n2)c1. The number of halogens is 1. The van der Waals surface area contributed by atoms with Gasteiger partial charge in [-0.25, -0.2) is 23.4 Å². The molecule has 2 unspecified atom stereocenters. The average Bonchev–Trinajstić information content (AvgIpc) is 3.63. The van der Waals surface area contributed by atoms with Crippen molar-refractivity contribution >= 4 is 50.4 Å². The van der Waals surface area contributed by atoms with Crippen molar-refractivity contribution in [2.45, 2.75) is 35.9 Å². The fraction of sp³-hybridized carbons (Fsp3) is 0.310. The van der Waals surface area contributed by atoms with Gasteiger partial charge in [0.1, 0.15) is 12.1 Å². The summed E-state index contributed by atoms with van der Waals surface area (Å²) < 4.78 is 28.1. The third-order valence-corrected chi connectivity index (χ3v) is 10.6. The summed E-state index contributed by atoms with van der Waals surface area (Å²) >= 11 is 7.50. The zero-order chi connectivity index (χ0) is 30.1. The molecule has 6 rings (SSSR count). The van der Waals surface area contributed by atoms with E-state index in [1.165, 1.54) is 40.4 Å². The number of carbonyl (C=O) groups is 1. The van der Waals surface area contributed by atoms with Gasteiger partial charge in [0, 0.05) is 49.2 Å². The second kappa shape index (κ2) is 12.2. The van der Waals surface area contributed by atoms with Gasteiger partial charge in [-0.2, -0.15) is 4.31 Å². The second-order valence-electron chi connectivity index (χ2n) is 10.3. The van der Waals surface area contributed by atoms with Gasteiger partial charge in [0.15, 0.2) is 5.17 Å². The lowest BCUT2D eigenvalue weighted by Crippen LogP contribution is -2.45. The van der Waals surface area contributed by atoms with Crippen LogP contribution in [0.2, 0.25) is 5.02 Å². The van der Waals surface area contributed by atoms with E-state index in [0.29, 0.717) is 36.0 Å². The van der Waals surface area contributed by atoms with Crippen LogP contribution in [0.5, 0.6) is 0 Å². The van der Waals surface area contributed by atoms with E-state index in [2.05, 4.69) is 15.2 Å². The molecule has 1 fully saturated rings. The number of aromatic nitrogens is 2. The number of amidine groups is 1. The number of thioether (sulfide) groups is 1. The molecule has 11 nitrogen and oxygen atoms in total. The lowest BCUT2D eigenvalue weighted by Gasteiger charge is -2.32. The minimum atomic E-state index is -3.66. The number of piperidine rings is 1. The van der Waals surface area contributed by atoms with Crippen molar-refractivity contribution in [1.82, 2.24) is 24.2 Å². The van der Waals surface area contributed by atoms with Gasteiger partial charge in [-0.3, -0.25) is 14.6 Å². The Bertz CT molecular complexity index is 1690. The highest BCUT2D eigenvalue weighted by atomic mass is 35.5. The highest BCUT2D eigenvalue weighted by Gasteiger charge is 2.40. The number of hydroxylamine groups is 2. The molecule has 1 N–H and O–H groups in total. The highest BCUT2D eigenvalue weighted by molar-refractivity contribution is 8.16. The Balaban J connectivity index is 1.23. The molecule has 1 amide bonds. The molecule has 3 aliphatic rings. The largest absolute Gasteiger partial charge is 0.350 e. The number of carbonyl (C=O) groups excluding carboxylic acids is 1. The zero-order valence-electron chi connectivity index (χ0n) is 23.5. The molecule has 2 aromatic carbocycles. The van der Waals surface area contributed by atoms with Crippen LogP contribution in [0.4, 0.5) is 5.95 Å². The first-order valence-corrected chi connectivity index (χ1v) is 16.4. The van der Waals surface area contributed by atoms with Gasteiger partial charge >= 0.3 is 0 Å². The van der Waals surface area contributed by atoms with Crippen molar-refractivity contribution in [3.8, 4) is 0 Å². The lowest BCUT2D eigenvalue weighted by molar-refractivity contribution is -0.0757. The van der Waals surface area contributed by atoms with Gasteiger partial charge in [0.05, 0.1) is 17.7 Å². The fourth-order valence-electron chi connectivity index (χ4n) is 5.44. The summed E-state index contributed by atoms with van der Waals surface area (Å²) in [7, 11) is -0.647.